The van der Waals surface area contributed by atoms with Crippen molar-refractivity contribution in [2.45, 2.75) is 87.6 Å². The predicted octanol–water partition coefficient (Wildman–Crippen LogP) is 8.43. The van der Waals surface area contributed by atoms with Crippen LogP contribution in [0, 0.1) is 11.8 Å². The van der Waals surface area contributed by atoms with Crippen molar-refractivity contribution in [2.24, 2.45) is 11.8 Å². The van der Waals surface area contributed by atoms with Gasteiger partial charge in [0, 0.05) is 35.8 Å². The van der Waals surface area contributed by atoms with Crippen molar-refractivity contribution in [1.82, 2.24) is 15.3 Å². The van der Waals surface area contributed by atoms with E-state index in [1.165, 1.54) is 13.2 Å². The number of phenolic OH excluding ortho intramolecular Hbond substituents is 4. The number of rotatable bonds is 10. The van der Waals surface area contributed by atoms with E-state index in [4.69, 9.17) is 19.4 Å². The third-order valence-corrected chi connectivity index (χ3v) is 14.3. The van der Waals surface area contributed by atoms with Crippen LogP contribution in [-0.2, 0) is 29.5 Å². The number of hydrogen-bond acceptors (Lipinski definition) is 11. The van der Waals surface area contributed by atoms with Crippen molar-refractivity contribution < 1.29 is 39.8 Å². The number of likely N-dealkylation sites (N-methyl/N-ethyl adjacent to an activating group) is 1. The first kappa shape index (κ1) is 43.0. The summed E-state index contributed by atoms with van der Waals surface area (Å²) in [6.45, 7) is 1.04. The van der Waals surface area contributed by atoms with Crippen LogP contribution < -0.4 is 25.1 Å². The van der Waals surface area contributed by atoms with Crippen molar-refractivity contribution in [3.8, 4) is 34.5 Å². The summed E-state index contributed by atoms with van der Waals surface area (Å²) < 4.78 is 11.5. The minimum Gasteiger partial charge on any atom is -0.668 e. The first-order valence-electron chi connectivity index (χ1n) is 22.6. The summed E-state index contributed by atoms with van der Waals surface area (Å²) in [5.41, 5.74) is 5.37. The molecule has 64 heavy (non-hydrogen) atoms. The molecule has 7 N–H and O–H groups in total. The molecule has 0 amide bonds. The number of aromatic nitrogens is 2. The van der Waals surface area contributed by atoms with Crippen LogP contribution in [0.15, 0.2) is 91.3 Å². The Morgan fingerprint density at radius 2 is 1.89 bits per heavy atom. The van der Waals surface area contributed by atoms with Crippen molar-refractivity contribution in [1.29, 1.82) is 0 Å². The summed E-state index contributed by atoms with van der Waals surface area (Å²) >= 11 is 0. The predicted molar refractivity (Wildman–Crippen MR) is 245 cm³/mol. The summed E-state index contributed by atoms with van der Waals surface area (Å²) in [4.78, 5) is 25.6. The second-order valence-electron chi connectivity index (χ2n) is 18.0. The summed E-state index contributed by atoms with van der Waals surface area (Å²) in [5, 5.41) is 65.1. The van der Waals surface area contributed by atoms with Crippen LogP contribution in [0.5, 0.6) is 34.5 Å². The number of Topliss-reactive ketones (excluding diaryl/α,β-unsaturated/α-hetero) is 1. The van der Waals surface area contributed by atoms with Gasteiger partial charge in [-0.15, -0.1) is 0 Å². The first-order chi connectivity index (χ1) is 31.1. The lowest BCUT2D eigenvalue weighted by atomic mass is 9.58. The molecule has 1 fully saturated rings. The van der Waals surface area contributed by atoms with Gasteiger partial charge in [-0.05, 0) is 158 Å². The van der Waals surface area contributed by atoms with Crippen molar-refractivity contribution >= 4 is 28.1 Å². The molecule has 1 spiro atoms. The fourth-order valence-electron chi connectivity index (χ4n) is 11.6. The molecule has 4 heterocycles. The van der Waals surface area contributed by atoms with E-state index >= 15 is 4.79 Å². The van der Waals surface area contributed by atoms with E-state index < -0.39 is 23.4 Å². The summed E-state index contributed by atoms with van der Waals surface area (Å²) in [5.74, 6) is -1.05. The Balaban J connectivity index is 1.24. The Hall–Kier alpha value is -6.24. The molecule has 1 aliphatic carbocycles. The van der Waals surface area contributed by atoms with E-state index in [1.807, 2.05) is 49.5 Å². The maximum absolute atomic E-state index is 16.1. The number of aromatic hydroxyl groups is 4. The van der Waals surface area contributed by atoms with E-state index in [-0.39, 0.29) is 59.2 Å². The van der Waals surface area contributed by atoms with Gasteiger partial charge in [0.25, 0.3) is 0 Å². The number of ether oxygens (including phenoxy) is 2. The molecule has 6 unspecified atom stereocenters. The number of methoxy groups -OCH3 is 1. The molecule has 6 atom stereocenters. The van der Waals surface area contributed by atoms with Crippen LogP contribution in [-0.4, -0.2) is 69.7 Å². The quantitative estimate of drug-likeness (QED) is 0.0653. The Labute approximate surface area is 373 Å². The number of nitrogens with one attached hydrogen (secondary N) is 2. The monoisotopic (exact) mass is 865 g/mol. The maximum Gasteiger partial charge on any atom is 0.200 e. The number of hydrogen-bond donors (Lipinski definition) is 7. The van der Waals surface area contributed by atoms with Gasteiger partial charge in [-0.25, -0.2) is 4.98 Å². The Morgan fingerprint density at radius 3 is 2.70 bits per heavy atom. The SMILES string of the molecule is CNCC1CC(c2cc(O)c(O)c(OC)c2)CC(=O)C(C(O)CCc2ccc(O)c3c2CCCO3)C2(CCCC2Cc2ccc[n-]2)c2ccnc(c2)Nc2ccc3cc(O)ccc3c21. The van der Waals surface area contributed by atoms with Gasteiger partial charge in [-0.2, -0.15) is 11.9 Å². The zero-order chi connectivity index (χ0) is 44.5. The maximum atomic E-state index is 16.1. The van der Waals surface area contributed by atoms with Gasteiger partial charge in [0.05, 0.1) is 25.7 Å². The van der Waals surface area contributed by atoms with Gasteiger partial charge in [0.1, 0.15) is 17.4 Å². The third-order valence-electron chi connectivity index (χ3n) is 14.3. The van der Waals surface area contributed by atoms with E-state index in [9.17, 15) is 25.5 Å². The molecule has 12 nitrogen and oxygen atoms in total. The number of carbonyl (C=O) groups excluding carboxylic acids is 1. The van der Waals surface area contributed by atoms with Crippen molar-refractivity contribution in [3.05, 3.63) is 125 Å². The highest BCUT2D eigenvalue weighted by molar-refractivity contribution is 5.93. The number of pyridine rings is 1. The van der Waals surface area contributed by atoms with Crippen molar-refractivity contribution in [3.63, 3.8) is 0 Å². The van der Waals surface area contributed by atoms with Gasteiger partial charge in [-0.1, -0.05) is 36.8 Å². The van der Waals surface area contributed by atoms with Crippen LogP contribution in [0.2, 0.25) is 0 Å². The number of phenols is 4. The first-order valence-corrected chi connectivity index (χ1v) is 22.6. The lowest BCUT2D eigenvalue weighted by Gasteiger charge is -2.45. The summed E-state index contributed by atoms with van der Waals surface area (Å²) in [6, 6.07) is 24.2. The standard InChI is InChI=1S/C52H57N4O8/c1-53-29-34-22-32(33-25-45(61)50(62)46(26-33)63-2)24-44(60)49(42(58)15-10-30-11-16-43(59)51-40(30)8-5-21-64-51)52(18-3-6-35(52)27-37-7-4-19-54-37)36-17-20-55-47(28-36)56-41-14-9-31-23-38(57)12-13-39(31)48(34)41/h4,7,9,11-14,16-17,19-20,23,25-26,28,32,34-35,42,49,53,57-59,61-62H,3,5-6,8,10,15,18,21-22,24,27,29H2,1-2H3,(H,55,56)/q-1. The third kappa shape index (κ3) is 8.09. The molecule has 3 aliphatic rings. The molecular weight excluding hydrogens is 809 g/mol. The smallest absolute Gasteiger partial charge is 0.200 e. The zero-order valence-electron chi connectivity index (χ0n) is 36.4. The molecule has 12 heteroatoms. The van der Waals surface area contributed by atoms with Gasteiger partial charge < -0.3 is 50.6 Å². The molecule has 2 bridgehead atoms. The van der Waals surface area contributed by atoms with E-state index in [0.717, 1.165) is 70.1 Å². The molecular formula is C52H57N4O8-. The number of nitrogens with zero attached hydrogens (tertiary/aromatic N) is 2. The van der Waals surface area contributed by atoms with Crippen molar-refractivity contribution in [2.75, 3.05) is 32.6 Å². The number of aliphatic hydroxyl groups excluding tert-OH is 1. The Bertz CT molecular complexity index is 2650. The second kappa shape index (κ2) is 18.1. The average molecular weight is 866 g/mol. The number of anilines is 2. The minimum absolute atomic E-state index is 0.0209. The molecule has 2 aromatic heterocycles. The average Bonchev–Trinajstić information content (AvgIpc) is 3.97. The van der Waals surface area contributed by atoms with Crippen LogP contribution >= 0.6 is 0 Å². The van der Waals surface area contributed by atoms with Gasteiger partial charge in [0.2, 0.25) is 5.75 Å². The normalized spacial score (nSPS) is 22.6. The number of ketones is 1. The van der Waals surface area contributed by atoms with Crippen LogP contribution in [0.25, 0.3) is 10.8 Å². The molecule has 6 aromatic rings. The number of aliphatic hydroxyl groups is 1. The molecule has 9 rings (SSSR count). The number of fused-ring (bicyclic) bond motifs is 7. The highest BCUT2D eigenvalue weighted by Crippen LogP contribution is 2.56. The molecule has 0 saturated heterocycles. The summed E-state index contributed by atoms with van der Waals surface area (Å²) in [7, 11) is 3.32. The molecule has 0 radical (unpaired) electrons. The van der Waals surface area contributed by atoms with E-state index in [0.29, 0.717) is 56.0 Å². The van der Waals surface area contributed by atoms with Gasteiger partial charge in [-0.3, -0.25) is 4.79 Å². The molecule has 2 aliphatic heterocycles. The molecule has 4 aromatic carbocycles. The fourth-order valence-corrected chi connectivity index (χ4v) is 11.6. The largest absolute Gasteiger partial charge is 0.668 e. The number of carbonyl (C=O) groups is 1. The minimum atomic E-state index is -1.07. The van der Waals surface area contributed by atoms with E-state index in [2.05, 4.69) is 16.7 Å². The molecule has 1 saturated carbocycles. The Kier molecular flexibility index (Phi) is 12.2. The van der Waals surface area contributed by atoms with Crippen LogP contribution in [0.4, 0.5) is 11.5 Å². The topological polar surface area (TPSA) is 188 Å². The lowest BCUT2D eigenvalue weighted by Crippen LogP contribution is -2.50. The van der Waals surface area contributed by atoms with Gasteiger partial charge >= 0.3 is 0 Å². The van der Waals surface area contributed by atoms with Gasteiger partial charge in [0.15, 0.2) is 23.0 Å². The highest BCUT2D eigenvalue weighted by Gasteiger charge is 2.54. The van der Waals surface area contributed by atoms with E-state index in [1.54, 1.807) is 36.7 Å². The second-order valence-corrected chi connectivity index (χ2v) is 18.0. The Morgan fingerprint density at radius 1 is 1.02 bits per heavy atom. The molecule has 334 valence electrons. The summed E-state index contributed by atoms with van der Waals surface area (Å²) in [6.07, 6.45) is 8.25. The number of aryl methyl sites for hydroxylation is 1. The van der Waals surface area contributed by atoms with Crippen LogP contribution in [0.1, 0.15) is 90.3 Å². The fraction of sp³-hybridized carbons (Fsp3) is 0.385. The number of benzene rings is 4. The zero-order valence-corrected chi connectivity index (χ0v) is 36.4. The highest BCUT2D eigenvalue weighted by atomic mass is 16.5. The van der Waals surface area contributed by atoms with Crippen LogP contribution in [0.3, 0.4) is 0 Å². The lowest BCUT2D eigenvalue weighted by molar-refractivity contribution is -0.132.